The maximum Gasteiger partial charge on any atom is 0.140 e. The quantitative estimate of drug-likeness (QED) is 0.442. The van der Waals surface area contributed by atoms with Gasteiger partial charge < -0.3 is 19.4 Å². The number of rotatable bonds is 3. The summed E-state index contributed by atoms with van der Waals surface area (Å²) in [7, 11) is 0. The summed E-state index contributed by atoms with van der Waals surface area (Å²) in [6.45, 7) is 2.09. The molecule has 0 saturated heterocycles. The molecule has 146 valence electrons. The van der Waals surface area contributed by atoms with Gasteiger partial charge in [-0.3, -0.25) is 0 Å². The van der Waals surface area contributed by atoms with Crippen molar-refractivity contribution in [2.75, 3.05) is 0 Å². The Balaban J connectivity index is 1.21. The van der Waals surface area contributed by atoms with Crippen LogP contribution in [0.5, 0.6) is 17.2 Å². The molecule has 6 heteroatoms. The second-order valence-electron chi connectivity index (χ2n) is 8.13. The molecule has 1 aliphatic heterocycles. The van der Waals surface area contributed by atoms with Crippen molar-refractivity contribution in [1.82, 2.24) is 19.9 Å². The van der Waals surface area contributed by atoms with Crippen molar-refractivity contribution in [3.8, 4) is 17.2 Å². The Hall–Kier alpha value is -3.80. The van der Waals surface area contributed by atoms with Crippen LogP contribution in [0.25, 0.3) is 22.1 Å². The van der Waals surface area contributed by atoms with Gasteiger partial charge in [0.1, 0.15) is 34.8 Å². The van der Waals surface area contributed by atoms with E-state index in [1.807, 2.05) is 30.5 Å². The minimum atomic E-state index is 0.147. The molecule has 7 rings (SSSR count). The van der Waals surface area contributed by atoms with Crippen molar-refractivity contribution in [1.29, 1.82) is 0 Å². The van der Waals surface area contributed by atoms with Crippen LogP contribution in [0.4, 0.5) is 0 Å². The highest BCUT2D eigenvalue weighted by Gasteiger charge is 2.61. The number of hydrogen-bond donors (Lipinski definition) is 2. The third-order valence-corrected chi connectivity index (χ3v) is 6.18. The van der Waals surface area contributed by atoms with Gasteiger partial charge in [0.2, 0.25) is 0 Å². The van der Waals surface area contributed by atoms with Crippen molar-refractivity contribution in [3.05, 3.63) is 77.9 Å². The molecule has 3 unspecified atom stereocenters. The molecule has 0 bridgehead atoms. The predicted octanol–water partition coefficient (Wildman–Crippen LogP) is 5.18. The standard InChI is InChI=1S/C24H18N4O2/c1-12-2-4-16-17(10-12)28-24(27-16)21-20-15-11-13(3-5-18(15)30-22(20)21)29-19-7-9-26-23-14(19)6-8-25-23/h2-11,20-22H,1H3,(H,25,26)(H,27,28). The van der Waals surface area contributed by atoms with Gasteiger partial charge in [0.15, 0.2) is 0 Å². The number of hydrogen-bond acceptors (Lipinski definition) is 4. The normalized spacial score (nSPS) is 21.4. The molecule has 0 spiro atoms. The summed E-state index contributed by atoms with van der Waals surface area (Å²) in [5, 5.41) is 0.967. The molecule has 2 N–H and O–H groups in total. The summed E-state index contributed by atoms with van der Waals surface area (Å²) < 4.78 is 12.4. The van der Waals surface area contributed by atoms with E-state index in [0.717, 1.165) is 45.1 Å². The second kappa shape index (κ2) is 5.63. The zero-order chi connectivity index (χ0) is 19.8. The van der Waals surface area contributed by atoms with Gasteiger partial charge in [-0.05, 0) is 55.0 Å². The van der Waals surface area contributed by atoms with Gasteiger partial charge in [-0.15, -0.1) is 0 Å². The molecule has 5 aromatic rings. The van der Waals surface area contributed by atoms with E-state index in [9.17, 15) is 0 Å². The van der Waals surface area contributed by atoms with Crippen LogP contribution in [-0.4, -0.2) is 26.0 Å². The smallest absolute Gasteiger partial charge is 0.140 e. The lowest BCUT2D eigenvalue weighted by Crippen LogP contribution is -2.00. The number of aromatic amines is 2. The number of ether oxygens (including phenoxy) is 2. The maximum atomic E-state index is 6.21. The maximum absolute atomic E-state index is 6.21. The minimum absolute atomic E-state index is 0.147. The molecule has 30 heavy (non-hydrogen) atoms. The molecule has 4 heterocycles. The van der Waals surface area contributed by atoms with E-state index in [1.54, 1.807) is 6.20 Å². The highest BCUT2D eigenvalue weighted by atomic mass is 16.5. The average Bonchev–Trinajstić information content (AvgIpc) is 3.13. The number of aryl methyl sites for hydroxylation is 1. The lowest BCUT2D eigenvalue weighted by molar-refractivity contribution is 0.308. The lowest BCUT2D eigenvalue weighted by Gasteiger charge is -2.11. The van der Waals surface area contributed by atoms with Crippen molar-refractivity contribution in [2.24, 2.45) is 0 Å². The number of nitrogens with zero attached hydrogens (tertiary/aromatic N) is 2. The first-order chi connectivity index (χ1) is 14.7. The van der Waals surface area contributed by atoms with Crippen molar-refractivity contribution in [3.63, 3.8) is 0 Å². The Morgan fingerprint density at radius 2 is 2.00 bits per heavy atom. The minimum Gasteiger partial charge on any atom is -0.489 e. The molecule has 6 nitrogen and oxygen atoms in total. The third kappa shape index (κ3) is 2.24. The Morgan fingerprint density at radius 1 is 1.03 bits per heavy atom. The lowest BCUT2D eigenvalue weighted by atomic mass is 10.1. The number of benzene rings is 2. The van der Waals surface area contributed by atoms with E-state index >= 15 is 0 Å². The highest BCUT2D eigenvalue weighted by Crippen LogP contribution is 2.63. The molecule has 2 aliphatic rings. The monoisotopic (exact) mass is 394 g/mol. The van der Waals surface area contributed by atoms with Crippen LogP contribution in [0.15, 0.2) is 60.9 Å². The van der Waals surface area contributed by atoms with E-state index in [0.29, 0.717) is 5.92 Å². The van der Waals surface area contributed by atoms with Crippen LogP contribution in [0, 0.1) is 6.92 Å². The topological polar surface area (TPSA) is 75.8 Å². The largest absolute Gasteiger partial charge is 0.489 e. The van der Waals surface area contributed by atoms with Gasteiger partial charge in [0.05, 0.1) is 22.3 Å². The number of aromatic nitrogens is 4. The number of H-pyrrole nitrogens is 2. The summed E-state index contributed by atoms with van der Waals surface area (Å²) in [6.07, 6.45) is 3.77. The molecule has 0 radical (unpaired) electrons. The Bertz CT molecular complexity index is 1450. The SMILES string of the molecule is Cc1ccc2nc(C3C4Oc5ccc(Oc6ccnc7[nH]ccc67)cc5C43)[nH]c2c1. The zero-order valence-corrected chi connectivity index (χ0v) is 16.2. The van der Waals surface area contributed by atoms with Crippen molar-refractivity contribution >= 4 is 22.1 Å². The first kappa shape index (κ1) is 16.0. The number of fused-ring (bicyclic) bond motifs is 5. The predicted molar refractivity (Wildman–Crippen MR) is 113 cm³/mol. The van der Waals surface area contributed by atoms with E-state index in [1.165, 1.54) is 11.1 Å². The summed E-state index contributed by atoms with van der Waals surface area (Å²) in [6, 6.07) is 16.2. The second-order valence-corrected chi connectivity index (χ2v) is 8.13. The van der Waals surface area contributed by atoms with Gasteiger partial charge in [-0.25, -0.2) is 9.97 Å². The number of imidazole rings is 1. The van der Waals surface area contributed by atoms with Crippen LogP contribution in [0.3, 0.4) is 0 Å². The van der Waals surface area contributed by atoms with Crippen LogP contribution in [-0.2, 0) is 0 Å². The third-order valence-electron chi connectivity index (χ3n) is 6.18. The Labute approximate surface area is 171 Å². The fourth-order valence-corrected chi connectivity index (χ4v) is 4.68. The average molecular weight is 394 g/mol. The summed E-state index contributed by atoms with van der Waals surface area (Å²) >= 11 is 0. The van der Waals surface area contributed by atoms with Crippen molar-refractivity contribution < 1.29 is 9.47 Å². The fraction of sp³-hybridized carbons (Fsp3) is 0.167. The fourth-order valence-electron chi connectivity index (χ4n) is 4.68. The van der Waals surface area contributed by atoms with E-state index in [-0.39, 0.29) is 12.0 Å². The first-order valence-corrected chi connectivity index (χ1v) is 10.1. The van der Waals surface area contributed by atoms with E-state index in [2.05, 4.69) is 46.1 Å². The summed E-state index contributed by atoms with van der Waals surface area (Å²) in [5.74, 6) is 4.12. The molecule has 1 saturated carbocycles. The van der Waals surface area contributed by atoms with Crippen LogP contribution in [0.2, 0.25) is 0 Å². The van der Waals surface area contributed by atoms with Crippen LogP contribution < -0.4 is 9.47 Å². The van der Waals surface area contributed by atoms with Gasteiger partial charge in [-0.1, -0.05) is 6.07 Å². The van der Waals surface area contributed by atoms with Crippen LogP contribution >= 0.6 is 0 Å². The van der Waals surface area contributed by atoms with Crippen molar-refractivity contribution in [2.45, 2.75) is 24.9 Å². The van der Waals surface area contributed by atoms with Gasteiger partial charge in [-0.2, -0.15) is 0 Å². The zero-order valence-electron chi connectivity index (χ0n) is 16.2. The molecular weight excluding hydrogens is 376 g/mol. The van der Waals surface area contributed by atoms with Gasteiger partial charge in [0, 0.05) is 23.9 Å². The first-order valence-electron chi connectivity index (χ1n) is 10.1. The Morgan fingerprint density at radius 3 is 2.97 bits per heavy atom. The molecule has 1 aliphatic carbocycles. The van der Waals surface area contributed by atoms with E-state index in [4.69, 9.17) is 14.5 Å². The van der Waals surface area contributed by atoms with Gasteiger partial charge in [0.25, 0.3) is 0 Å². The molecule has 2 aromatic carbocycles. The summed E-state index contributed by atoms with van der Waals surface area (Å²) in [5.41, 5.74) is 5.33. The molecule has 3 aromatic heterocycles. The van der Waals surface area contributed by atoms with Gasteiger partial charge >= 0.3 is 0 Å². The van der Waals surface area contributed by atoms with Crippen LogP contribution in [0.1, 0.15) is 28.8 Å². The summed E-state index contributed by atoms with van der Waals surface area (Å²) in [4.78, 5) is 15.7. The molecular formula is C24H18N4O2. The number of pyridine rings is 1. The highest BCUT2D eigenvalue weighted by molar-refractivity contribution is 5.82. The number of nitrogens with one attached hydrogen (secondary N) is 2. The molecule has 0 amide bonds. The Kier molecular flexibility index (Phi) is 3.01. The molecule has 1 fully saturated rings. The molecule has 3 atom stereocenters. The van der Waals surface area contributed by atoms with E-state index < -0.39 is 0 Å².